The zero-order valence-corrected chi connectivity index (χ0v) is 6.40. The number of nitrogens with two attached hydrogens (primary N) is 1. The molecular formula is C8H16N2. The molecule has 0 spiro atoms. The highest BCUT2D eigenvalue weighted by Gasteiger charge is 2.40. The lowest BCUT2D eigenvalue weighted by atomic mass is 9.83. The number of hydrogen-bond acceptors (Lipinski definition) is 2. The standard InChI is InChI=1S/C8H16N2/c9-8-4-1-2-7(8)3-5-10-6-8/h7,10H,1-6,9H2/t7?,8-/m1/s1. The van der Waals surface area contributed by atoms with Gasteiger partial charge in [0.15, 0.2) is 0 Å². The summed E-state index contributed by atoms with van der Waals surface area (Å²) >= 11 is 0. The first kappa shape index (κ1) is 6.62. The summed E-state index contributed by atoms with van der Waals surface area (Å²) in [7, 11) is 0. The van der Waals surface area contributed by atoms with Gasteiger partial charge in [-0.1, -0.05) is 6.42 Å². The Morgan fingerprint density at radius 2 is 2.30 bits per heavy atom. The second kappa shape index (κ2) is 2.21. The second-order valence-corrected chi connectivity index (χ2v) is 3.79. The zero-order valence-electron chi connectivity index (χ0n) is 6.40. The molecule has 3 N–H and O–H groups in total. The van der Waals surface area contributed by atoms with Crippen molar-refractivity contribution in [3.05, 3.63) is 0 Å². The molecule has 2 nitrogen and oxygen atoms in total. The molecule has 1 aliphatic carbocycles. The minimum absolute atomic E-state index is 0.179. The van der Waals surface area contributed by atoms with Gasteiger partial charge in [0.25, 0.3) is 0 Å². The summed E-state index contributed by atoms with van der Waals surface area (Å²) in [6.45, 7) is 2.24. The van der Waals surface area contributed by atoms with Crippen molar-refractivity contribution in [2.75, 3.05) is 13.1 Å². The molecule has 0 aromatic carbocycles. The van der Waals surface area contributed by atoms with Gasteiger partial charge in [-0.15, -0.1) is 0 Å². The van der Waals surface area contributed by atoms with Crippen molar-refractivity contribution in [1.29, 1.82) is 0 Å². The van der Waals surface area contributed by atoms with Crippen LogP contribution in [0.5, 0.6) is 0 Å². The Labute approximate surface area is 62.2 Å². The third-order valence-corrected chi connectivity index (χ3v) is 3.13. The van der Waals surface area contributed by atoms with Crippen molar-refractivity contribution in [3.63, 3.8) is 0 Å². The van der Waals surface area contributed by atoms with Gasteiger partial charge in [0.2, 0.25) is 0 Å². The smallest absolute Gasteiger partial charge is 0.0309 e. The molecule has 2 fully saturated rings. The average Bonchev–Trinajstić information content (AvgIpc) is 2.29. The van der Waals surface area contributed by atoms with E-state index in [9.17, 15) is 0 Å². The molecule has 0 aromatic rings. The summed E-state index contributed by atoms with van der Waals surface area (Å²) in [5, 5.41) is 3.37. The molecule has 58 valence electrons. The molecule has 0 bridgehead atoms. The highest BCUT2D eigenvalue weighted by atomic mass is 15.0. The van der Waals surface area contributed by atoms with E-state index in [1.807, 2.05) is 0 Å². The topological polar surface area (TPSA) is 38.0 Å². The molecule has 2 atom stereocenters. The normalized spacial score (nSPS) is 47.1. The molecule has 1 heterocycles. The van der Waals surface area contributed by atoms with E-state index in [0.29, 0.717) is 0 Å². The first-order valence-electron chi connectivity index (χ1n) is 4.31. The van der Waals surface area contributed by atoms with E-state index in [1.54, 1.807) is 0 Å². The average molecular weight is 140 g/mol. The molecule has 0 aromatic heterocycles. The molecule has 2 aliphatic rings. The van der Waals surface area contributed by atoms with Crippen LogP contribution in [0.4, 0.5) is 0 Å². The minimum atomic E-state index is 0.179. The van der Waals surface area contributed by atoms with E-state index in [-0.39, 0.29) is 5.54 Å². The zero-order chi connectivity index (χ0) is 7.03. The summed E-state index contributed by atoms with van der Waals surface area (Å²) in [5.41, 5.74) is 6.38. The summed E-state index contributed by atoms with van der Waals surface area (Å²) in [6.07, 6.45) is 5.27. The van der Waals surface area contributed by atoms with E-state index in [1.165, 1.54) is 32.2 Å². The van der Waals surface area contributed by atoms with E-state index in [4.69, 9.17) is 5.73 Å². The Morgan fingerprint density at radius 1 is 1.40 bits per heavy atom. The largest absolute Gasteiger partial charge is 0.324 e. The lowest BCUT2D eigenvalue weighted by Crippen LogP contribution is -2.55. The van der Waals surface area contributed by atoms with Gasteiger partial charge in [0.05, 0.1) is 0 Å². The highest BCUT2D eigenvalue weighted by Crippen LogP contribution is 2.36. The molecule has 1 unspecified atom stereocenters. The van der Waals surface area contributed by atoms with Crippen molar-refractivity contribution >= 4 is 0 Å². The fourth-order valence-corrected chi connectivity index (χ4v) is 2.43. The number of rotatable bonds is 0. The predicted molar refractivity (Wildman–Crippen MR) is 41.7 cm³/mol. The fourth-order valence-electron chi connectivity index (χ4n) is 2.43. The maximum Gasteiger partial charge on any atom is 0.0309 e. The van der Waals surface area contributed by atoms with Crippen LogP contribution in [0.3, 0.4) is 0 Å². The lowest BCUT2D eigenvalue weighted by Gasteiger charge is -2.36. The first-order valence-corrected chi connectivity index (χ1v) is 4.31. The number of fused-ring (bicyclic) bond motifs is 1. The van der Waals surface area contributed by atoms with Crippen LogP contribution in [0.1, 0.15) is 25.7 Å². The third-order valence-electron chi connectivity index (χ3n) is 3.13. The van der Waals surface area contributed by atoms with Gasteiger partial charge in [-0.25, -0.2) is 0 Å². The minimum Gasteiger partial charge on any atom is -0.324 e. The van der Waals surface area contributed by atoms with Gasteiger partial charge < -0.3 is 11.1 Å². The molecule has 0 radical (unpaired) electrons. The van der Waals surface area contributed by atoms with E-state index < -0.39 is 0 Å². The van der Waals surface area contributed by atoms with Crippen LogP contribution in [0.15, 0.2) is 0 Å². The van der Waals surface area contributed by atoms with Crippen molar-refractivity contribution < 1.29 is 0 Å². The molecule has 1 aliphatic heterocycles. The van der Waals surface area contributed by atoms with E-state index in [0.717, 1.165) is 12.5 Å². The molecule has 2 rings (SSSR count). The number of piperidine rings is 1. The van der Waals surface area contributed by atoms with E-state index >= 15 is 0 Å². The molecule has 10 heavy (non-hydrogen) atoms. The van der Waals surface area contributed by atoms with Gasteiger partial charge in [0, 0.05) is 12.1 Å². The van der Waals surface area contributed by atoms with Gasteiger partial charge in [-0.05, 0) is 31.7 Å². The second-order valence-electron chi connectivity index (χ2n) is 3.79. The Balaban J connectivity index is 2.10. The third kappa shape index (κ3) is 0.867. The number of hydrogen-bond donors (Lipinski definition) is 2. The van der Waals surface area contributed by atoms with Crippen LogP contribution in [-0.4, -0.2) is 18.6 Å². The Morgan fingerprint density at radius 3 is 3.10 bits per heavy atom. The SMILES string of the molecule is N[C@@]12CCCC1CCNC2. The van der Waals surface area contributed by atoms with Crippen molar-refractivity contribution in [2.45, 2.75) is 31.2 Å². The number of nitrogens with one attached hydrogen (secondary N) is 1. The molecular weight excluding hydrogens is 124 g/mol. The van der Waals surface area contributed by atoms with Crippen LogP contribution in [-0.2, 0) is 0 Å². The van der Waals surface area contributed by atoms with Crippen molar-refractivity contribution in [2.24, 2.45) is 11.7 Å². The molecule has 1 saturated heterocycles. The van der Waals surface area contributed by atoms with E-state index in [2.05, 4.69) is 5.32 Å². The molecule has 0 amide bonds. The summed E-state index contributed by atoms with van der Waals surface area (Å²) in [4.78, 5) is 0. The maximum atomic E-state index is 6.20. The van der Waals surface area contributed by atoms with Crippen LogP contribution >= 0.6 is 0 Å². The first-order chi connectivity index (χ1) is 4.81. The van der Waals surface area contributed by atoms with Gasteiger partial charge in [-0.2, -0.15) is 0 Å². The predicted octanol–water partition coefficient (Wildman–Crippen LogP) is 0.477. The van der Waals surface area contributed by atoms with Crippen LogP contribution < -0.4 is 11.1 Å². The quantitative estimate of drug-likeness (QED) is 0.513. The van der Waals surface area contributed by atoms with Crippen molar-refractivity contribution in [3.8, 4) is 0 Å². The Kier molecular flexibility index (Phi) is 1.46. The maximum absolute atomic E-state index is 6.20. The monoisotopic (exact) mass is 140 g/mol. The van der Waals surface area contributed by atoms with Gasteiger partial charge in [0.1, 0.15) is 0 Å². The van der Waals surface area contributed by atoms with Crippen molar-refractivity contribution in [1.82, 2.24) is 5.32 Å². The van der Waals surface area contributed by atoms with Gasteiger partial charge >= 0.3 is 0 Å². The lowest BCUT2D eigenvalue weighted by molar-refractivity contribution is 0.244. The van der Waals surface area contributed by atoms with Crippen LogP contribution in [0.2, 0.25) is 0 Å². The van der Waals surface area contributed by atoms with Crippen LogP contribution in [0.25, 0.3) is 0 Å². The summed E-state index contributed by atoms with van der Waals surface area (Å²) in [5.74, 6) is 0.828. The highest BCUT2D eigenvalue weighted by molar-refractivity contribution is 5.00. The summed E-state index contributed by atoms with van der Waals surface area (Å²) in [6, 6.07) is 0. The Bertz CT molecular complexity index is 135. The fraction of sp³-hybridized carbons (Fsp3) is 1.00. The molecule has 2 heteroatoms. The van der Waals surface area contributed by atoms with Gasteiger partial charge in [-0.3, -0.25) is 0 Å². The summed E-state index contributed by atoms with van der Waals surface area (Å²) < 4.78 is 0. The molecule has 1 saturated carbocycles. The van der Waals surface area contributed by atoms with Crippen LogP contribution in [0, 0.1) is 5.92 Å². The Hall–Kier alpha value is -0.0800.